The van der Waals surface area contributed by atoms with Gasteiger partial charge in [0.05, 0.1) is 0 Å². The number of aromatic nitrogens is 2. The highest BCUT2D eigenvalue weighted by atomic mass is 16.1. The molecule has 4 heteroatoms. The Morgan fingerprint density at radius 2 is 2.23 bits per heavy atom. The first-order valence-electron chi connectivity index (χ1n) is 4.53. The van der Waals surface area contributed by atoms with Gasteiger partial charge in [-0.25, -0.2) is 4.98 Å². The molecule has 0 unspecified atom stereocenters. The van der Waals surface area contributed by atoms with Crippen LogP contribution in [0.5, 0.6) is 0 Å². The minimum Gasteiger partial charge on any atom is -0.363 e. The smallest absolute Gasteiger partial charge is 0.284 e. The van der Waals surface area contributed by atoms with E-state index in [1.165, 1.54) is 0 Å². The summed E-state index contributed by atoms with van der Waals surface area (Å²) in [5, 5.41) is 0. The number of primary amides is 1. The van der Waals surface area contributed by atoms with Crippen LogP contribution in [0.3, 0.4) is 0 Å². The number of carbonyl (C=O) groups excluding carboxylic acids is 1. The Kier molecular flexibility index (Phi) is 3.06. The van der Waals surface area contributed by atoms with E-state index >= 15 is 0 Å². The van der Waals surface area contributed by atoms with E-state index in [0.29, 0.717) is 11.9 Å². The highest BCUT2D eigenvalue weighted by molar-refractivity contribution is 5.89. The predicted octanol–water partition coefficient (Wildman–Crippen LogP) is 1.34. The zero-order valence-electron chi connectivity index (χ0n) is 8.03. The van der Waals surface area contributed by atoms with Crippen LogP contribution < -0.4 is 5.73 Å². The topological polar surface area (TPSA) is 60.9 Å². The lowest BCUT2D eigenvalue weighted by atomic mass is 10.1. The maximum Gasteiger partial charge on any atom is 0.284 e. The van der Waals surface area contributed by atoms with E-state index in [0.717, 1.165) is 12.8 Å². The van der Waals surface area contributed by atoms with Gasteiger partial charge in [0.1, 0.15) is 0 Å². The summed E-state index contributed by atoms with van der Waals surface area (Å²) >= 11 is 0. The third-order valence-corrected chi connectivity index (χ3v) is 2.22. The number of rotatable bonds is 4. The average Bonchev–Trinajstić information content (AvgIpc) is 2.55. The Bertz CT molecular complexity index is 289. The fraction of sp³-hybridized carbons (Fsp3) is 0.556. The van der Waals surface area contributed by atoms with Crippen molar-refractivity contribution in [2.24, 2.45) is 5.73 Å². The van der Waals surface area contributed by atoms with Gasteiger partial charge < -0.3 is 10.3 Å². The number of imidazole rings is 1. The van der Waals surface area contributed by atoms with Crippen molar-refractivity contribution in [2.75, 3.05) is 0 Å². The first-order chi connectivity index (χ1) is 6.20. The Morgan fingerprint density at radius 3 is 2.69 bits per heavy atom. The highest BCUT2D eigenvalue weighted by Crippen LogP contribution is 2.16. The minimum atomic E-state index is -0.461. The van der Waals surface area contributed by atoms with Crippen molar-refractivity contribution in [3.05, 3.63) is 18.2 Å². The van der Waals surface area contributed by atoms with Gasteiger partial charge in [-0.1, -0.05) is 13.8 Å². The molecule has 1 aromatic heterocycles. The van der Waals surface area contributed by atoms with Crippen molar-refractivity contribution >= 4 is 5.91 Å². The molecular formula is C9H15N3O. The Labute approximate surface area is 77.8 Å². The van der Waals surface area contributed by atoms with Crippen LogP contribution in [0.15, 0.2) is 12.4 Å². The molecule has 0 atom stereocenters. The molecule has 4 nitrogen and oxygen atoms in total. The summed E-state index contributed by atoms with van der Waals surface area (Å²) in [7, 11) is 0. The molecule has 0 aliphatic heterocycles. The van der Waals surface area contributed by atoms with Crippen LogP contribution in [0.2, 0.25) is 0 Å². The molecule has 1 heterocycles. The van der Waals surface area contributed by atoms with E-state index in [4.69, 9.17) is 5.73 Å². The number of nitrogens with zero attached hydrogens (tertiary/aromatic N) is 2. The molecule has 0 radical (unpaired) electrons. The van der Waals surface area contributed by atoms with Crippen LogP contribution in [0.1, 0.15) is 43.3 Å². The Morgan fingerprint density at radius 1 is 1.62 bits per heavy atom. The van der Waals surface area contributed by atoms with Gasteiger partial charge in [-0.15, -0.1) is 0 Å². The number of hydrogen-bond donors (Lipinski definition) is 1. The van der Waals surface area contributed by atoms with Crippen molar-refractivity contribution in [1.82, 2.24) is 9.55 Å². The first kappa shape index (κ1) is 9.77. The lowest BCUT2D eigenvalue weighted by Crippen LogP contribution is -2.20. The molecule has 1 amide bonds. The number of hydrogen-bond acceptors (Lipinski definition) is 2. The summed E-state index contributed by atoms with van der Waals surface area (Å²) in [6, 6.07) is 0.324. The minimum absolute atomic E-state index is 0.324. The van der Waals surface area contributed by atoms with Gasteiger partial charge in [0.15, 0.2) is 5.82 Å². The molecule has 0 spiro atoms. The van der Waals surface area contributed by atoms with Crippen molar-refractivity contribution < 1.29 is 4.79 Å². The summed E-state index contributed by atoms with van der Waals surface area (Å²) in [6.07, 6.45) is 5.37. The molecular weight excluding hydrogens is 166 g/mol. The van der Waals surface area contributed by atoms with Gasteiger partial charge in [-0.2, -0.15) is 0 Å². The normalized spacial score (nSPS) is 10.7. The van der Waals surface area contributed by atoms with E-state index in [9.17, 15) is 4.79 Å². The fourth-order valence-electron chi connectivity index (χ4n) is 1.48. The quantitative estimate of drug-likeness (QED) is 0.762. The van der Waals surface area contributed by atoms with E-state index in [1.54, 1.807) is 12.4 Å². The van der Waals surface area contributed by atoms with E-state index < -0.39 is 5.91 Å². The zero-order valence-corrected chi connectivity index (χ0v) is 8.03. The molecule has 0 saturated heterocycles. The maximum atomic E-state index is 11.0. The molecule has 2 N–H and O–H groups in total. The second-order valence-electron chi connectivity index (χ2n) is 2.99. The fourth-order valence-corrected chi connectivity index (χ4v) is 1.48. The van der Waals surface area contributed by atoms with E-state index in [-0.39, 0.29) is 0 Å². The summed E-state index contributed by atoms with van der Waals surface area (Å²) in [5.74, 6) is -0.106. The van der Waals surface area contributed by atoms with Crippen LogP contribution in [0.4, 0.5) is 0 Å². The first-order valence-corrected chi connectivity index (χ1v) is 4.53. The standard InChI is InChI=1S/C9H15N3O/c1-3-7(4-2)12-6-5-11-9(12)8(10)13/h5-7H,3-4H2,1-2H3,(H2,10,13). The molecule has 0 aliphatic rings. The van der Waals surface area contributed by atoms with E-state index in [1.807, 2.05) is 4.57 Å². The number of amides is 1. The van der Waals surface area contributed by atoms with Gasteiger partial charge in [-0.3, -0.25) is 4.79 Å². The van der Waals surface area contributed by atoms with Gasteiger partial charge in [-0.05, 0) is 12.8 Å². The number of nitrogens with two attached hydrogens (primary N) is 1. The van der Waals surface area contributed by atoms with Crippen molar-refractivity contribution in [3.63, 3.8) is 0 Å². The third kappa shape index (κ3) is 1.88. The van der Waals surface area contributed by atoms with Crippen LogP contribution in [0.25, 0.3) is 0 Å². The Balaban J connectivity index is 2.98. The van der Waals surface area contributed by atoms with Crippen molar-refractivity contribution in [3.8, 4) is 0 Å². The average molecular weight is 181 g/mol. The van der Waals surface area contributed by atoms with Crippen LogP contribution >= 0.6 is 0 Å². The Hall–Kier alpha value is -1.32. The van der Waals surface area contributed by atoms with Gasteiger partial charge in [0, 0.05) is 18.4 Å². The van der Waals surface area contributed by atoms with Crippen LogP contribution in [-0.4, -0.2) is 15.5 Å². The lowest BCUT2D eigenvalue weighted by Gasteiger charge is -2.15. The molecule has 0 fully saturated rings. The molecule has 1 aromatic rings. The number of carbonyl (C=O) groups is 1. The molecule has 0 saturated carbocycles. The molecule has 1 rings (SSSR count). The summed E-state index contributed by atoms with van der Waals surface area (Å²) in [6.45, 7) is 4.16. The van der Waals surface area contributed by atoms with Crippen molar-refractivity contribution in [2.45, 2.75) is 32.7 Å². The second-order valence-corrected chi connectivity index (χ2v) is 2.99. The maximum absolute atomic E-state index is 11.0. The predicted molar refractivity (Wildman–Crippen MR) is 50.4 cm³/mol. The largest absolute Gasteiger partial charge is 0.363 e. The molecule has 0 bridgehead atoms. The summed E-state index contributed by atoms with van der Waals surface area (Å²) in [4.78, 5) is 14.9. The van der Waals surface area contributed by atoms with Crippen molar-refractivity contribution in [1.29, 1.82) is 0 Å². The van der Waals surface area contributed by atoms with Gasteiger partial charge in [0.2, 0.25) is 0 Å². The lowest BCUT2D eigenvalue weighted by molar-refractivity contribution is 0.0983. The summed E-state index contributed by atoms with van der Waals surface area (Å²) < 4.78 is 1.85. The second kappa shape index (κ2) is 4.07. The van der Waals surface area contributed by atoms with E-state index in [2.05, 4.69) is 18.8 Å². The summed E-state index contributed by atoms with van der Waals surface area (Å²) in [5.41, 5.74) is 5.18. The third-order valence-electron chi connectivity index (χ3n) is 2.22. The van der Waals surface area contributed by atoms with Gasteiger partial charge >= 0.3 is 0 Å². The molecule has 13 heavy (non-hydrogen) atoms. The monoisotopic (exact) mass is 181 g/mol. The van der Waals surface area contributed by atoms with Crippen LogP contribution in [0, 0.1) is 0 Å². The molecule has 72 valence electrons. The zero-order chi connectivity index (χ0) is 9.84. The highest BCUT2D eigenvalue weighted by Gasteiger charge is 2.14. The molecule has 0 aromatic carbocycles. The SMILES string of the molecule is CCC(CC)n1ccnc1C(N)=O. The van der Waals surface area contributed by atoms with Crippen LogP contribution in [-0.2, 0) is 0 Å². The van der Waals surface area contributed by atoms with Gasteiger partial charge in [0.25, 0.3) is 5.91 Å². The molecule has 0 aliphatic carbocycles.